The molecular formula is C21H27N3O. The van der Waals surface area contributed by atoms with Crippen molar-refractivity contribution in [2.24, 2.45) is 0 Å². The third-order valence-electron chi connectivity index (χ3n) is 4.89. The van der Waals surface area contributed by atoms with Gasteiger partial charge in [0.15, 0.2) is 0 Å². The molecule has 1 amide bonds. The van der Waals surface area contributed by atoms with E-state index in [0.717, 1.165) is 38.3 Å². The first-order chi connectivity index (χ1) is 12.2. The maximum absolute atomic E-state index is 12.4. The number of nitrogens with zero attached hydrogens (tertiary/aromatic N) is 2. The predicted molar refractivity (Wildman–Crippen MR) is 101 cm³/mol. The van der Waals surface area contributed by atoms with Crippen molar-refractivity contribution < 1.29 is 4.79 Å². The van der Waals surface area contributed by atoms with E-state index in [1.165, 1.54) is 5.56 Å². The lowest BCUT2D eigenvalue weighted by Crippen LogP contribution is -2.53. The SMILES string of the molecule is C[C@@H](C(=O)NCc1ccccc1)N1CCN(Cc2ccccc2)CC1. The molecule has 1 aliphatic heterocycles. The van der Waals surface area contributed by atoms with Gasteiger partial charge in [0, 0.05) is 39.3 Å². The molecule has 4 nitrogen and oxygen atoms in total. The molecule has 132 valence electrons. The van der Waals surface area contributed by atoms with Gasteiger partial charge in [-0.3, -0.25) is 14.6 Å². The Morgan fingerprint density at radius 2 is 1.48 bits per heavy atom. The van der Waals surface area contributed by atoms with E-state index in [1.807, 2.05) is 37.3 Å². The molecule has 0 spiro atoms. The summed E-state index contributed by atoms with van der Waals surface area (Å²) >= 11 is 0. The highest BCUT2D eigenvalue weighted by Crippen LogP contribution is 2.11. The second kappa shape index (κ2) is 8.79. The van der Waals surface area contributed by atoms with E-state index in [2.05, 4.69) is 45.4 Å². The fourth-order valence-electron chi connectivity index (χ4n) is 3.25. The first-order valence-corrected chi connectivity index (χ1v) is 9.04. The normalized spacial score (nSPS) is 17.2. The summed E-state index contributed by atoms with van der Waals surface area (Å²) in [6.07, 6.45) is 0. The molecule has 1 atom stereocenters. The van der Waals surface area contributed by atoms with Crippen LogP contribution >= 0.6 is 0 Å². The maximum atomic E-state index is 12.4. The minimum atomic E-state index is -0.0809. The summed E-state index contributed by atoms with van der Waals surface area (Å²) in [4.78, 5) is 17.2. The lowest BCUT2D eigenvalue weighted by Gasteiger charge is -2.37. The Kier molecular flexibility index (Phi) is 6.20. The van der Waals surface area contributed by atoms with Crippen LogP contribution in [0, 0.1) is 0 Å². The summed E-state index contributed by atoms with van der Waals surface area (Å²) in [5.41, 5.74) is 2.49. The predicted octanol–water partition coefficient (Wildman–Crippen LogP) is 2.51. The monoisotopic (exact) mass is 337 g/mol. The summed E-state index contributed by atoms with van der Waals surface area (Å²) in [5.74, 6) is 0.111. The molecule has 1 N–H and O–H groups in total. The van der Waals surface area contributed by atoms with Gasteiger partial charge in [0.1, 0.15) is 0 Å². The van der Waals surface area contributed by atoms with Gasteiger partial charge >= 0.3 is 0 Å². The molecule has 1 fully saturated rings. The molecule has 1 saturated heterocycles. The van der Waals surface area contributed by atoms with Gasteiger partial charge < -0.3 is 5.32 Å². The zero-order chi connectivity index (χ0) is 17.5. The lowest BCUT2D eigenvalue weighted by molar-refractivity contribution is -0.126. The number of nitrogens with one attached hydrogen (secondary N) is 1. The number of hydrogen-bond acceptors (Lipinski definition) is 3. The largest absolute Gasteiger partial charge is 0.351 e. The molecule has 0 bridgehead atoms. The molecule has 0 radical (unpaired) electrons. The van der Waals surface area contributed by atoms with Crippen LogP contribution in [0.2, 0.25) is 0 Å². The summed E-state index contributed by atoms with van der Waals surface area (Å²) in [6.45, 7) is 7.48. The van der Waals surface area contributed by atoms with Crippen LogP contribution < -0.4 is 5.32 Å². The molecule has 4 heteroatoms. The van der Waals surface area contributed by atoms with Gasteiger partial charge in [-0.15, -0.1) is 0 Å². The first-order valence-electron chi connectivity index (χ1n) is 9.04. The molecule has 0 aliphatic carbocycles. The van der Waals surface area contributed by atoms with Crippen molar-refractivity contribution in [3.8, 4) is 0 Å². The van der Waals surface area contributed by atoms with Crippen molar-refractivity contribution in [1.82, 2.24) is 15.1 Å². The summed E-state index contributed by atoms with van der Waals surface area (Å²) in [6, 6.07) is 20.5. The summed E-state index contributed by atoms with van der Waals surface area (Å²) in [5, 5.41) is 3.05. The van der Waals surface area contributed by atoms with Crippen molar-refractivity contribution in [3.05, 3.63) is 71.8 Å². The van der Waals surface area contributed by atoms with Crippen LogP contribution in [0.4, 0.5) is 0 Å². The molecular weight excluding hydrogens is 310 g/mol. The van der Waals surface area contributed by atoms with Crippen LogP contribution in [0.5, 0.6) is 0 Å². The van der Waals surface area contributed by atoms with Crippen LogP contribution in [0.1, 0.15) is 18.1 Å². The molecule has 0 aromatic heterocycles. The zero-order valence-electron chi connectivity index (χ0n) is 14.9. The van der Waals surface area contributed by atoms with Crippen LogP contribution in [0.25, 0.3) is 0 Å². The van der Waals surface area contributed by atoms with Crippen molar-refractivity contribution in [1.29, 1.82) is 0 Å². The van der Waals surface area contributed by atoms with Crippen LogP contribution in [0.15, 0.2) is 60.7 Å². The molecule has 0 saturated carbocycles. The maximum Gasteiger partial charge on any atom is 0.237 e. The quantitative estimate of drug-likeness (QED) is 0.880. The van der Waals surface area contributed by atoms with Gasteiger partial charge in [-0.1, -0.05) is 60.7 Å². The Morgan fingerprint density at radius 1 is 0.920 bits per heavy atom. The van der Waals surface area contributed by atoms with Crippen molar-refractivity contribution in [3.63, 3.8) is 0 Å². The average Bonchev–Trinajstić information content (AvgIpc) is 2.68. The van der Waals surface area contributed by atoms with E-state index >= 15 is 0 Å². The highest BCUT2D eigenvalue weighted by atomic mass is 16.2. The highest BCUT2D eigenvalue weighted by molar-refractivity contribution is 5.81. The number of amides is 1. The fraction of sp³-hybridized carbons (Fsp3) is 0.381. The zero-order valence-corrected chi connectivity index (χ0v) is 14.9. The number of rotatable bonds is 6. The Labute approximate surface area is 150 Å². The van der Waals surface area contributed by atoms with Gasteiger partial charge in [-0.25, -0.2) is 0 Å². The third kappa shape index (κ3) is 5.15. The molecule has 1 aliphatic rings. The Hall–Kier alpha value is -2.17. The first kappa shape index (κ1) is 17.6. The number of carbonyl (C=O) groups excluding carboxylic acids is 1. The molecule has 3 rings (SSSR count). The summed E-state index contributed by atoms with van der Waals surface area (Å²) in [7, 11) is 0. The number of piperazine rings is 1. The fourth-order valence-corrected chi connectivity index (χ4v) is 3.25. The smallest absolute Gasteiger partial charge is 0.237 e. The van der Waals surface area contributed by atoms with Gasteiger partial charge in [-0.2, -0.15) is 0 Å². The second-order valence-electron chi connectivity index (χ2n) is 6.68. The Morgan fingerprint density at radius 3 is 2.08 bits per heavy atom. The van der Waals surface area contributed by atoms with Crippen molar-refractivity contribution in [2.75, 3.05) is 26.2 Å². The molecule has 0 unspecified atom stereocenters. The van der Waals surface area contributed by atoms with Gasteiger partial charge in [0.05, 0.1) is 6.04 Å². The van der Waals surface area contributed by atoms with E-state index in [0.29, 0.717) is 6.54 Å². The lowest BCUT2D eigenvalue weighted by atomic mass is 10.1. The molecule has 2 aromatic rings. The third-order valence-corrected chi connectivity index (χ3v) is 4.89. The average molecular weight is 337 g/mol. The van der Waals surface area contributed by atoms with E-state index < -0.39 is 0 Å². The standard InChI is InChI=1S/C21H27N3O/c1-18(21(25)22-16-19-8-4-2-5-9-19)24-14-12-23(13-15-24)17-20-10-6-3-7-11-20/h2-11,18H,12-17H2,1H3,(H,22,25)/t18-/m0/s1. The van der Waals surface area contributed by atoms with Crippen molar-refractivity contribution in [2.45, 2.75) is 26.1 Å². The minimum absolute atomic E-state index is 0.0809. The van der Waals surface area contributed by atoms with Gasteiger partial charge in [0.2, 0.25) is 5.91 Å². The van der Waals surface area contributed by atoms with E-state index in [9.17, 15) is 4.79 Å². The molecule has 25 heavy (non-hydrogen) atoms. The molecule has 2 aromatic carbocycles. The Bertz CT molecular complexity index is 651. The summed E-state index contributed by atoms with van der Waals surface area (Å²) < 4.78 is 0. The molecule has 1 heterocycles. The van der Waals surface area contributed by atoms with E-state index in [-0.39, 0.29) is 11.9 Å². The number of hydrogen-bond donors (Lipinski definition) is 1. The topological polar surface area (TPSA) is 35.6 Å². The second-order valence-corrected chi connectivity index (χ2v) is 6.68. The number of carbonyl (C=O) groups is 1. The minimum Gasteiger partial charge on any atom is -0.351 e. The Balaban J connectivity index is 1.43. The van der Waals surface area contributed by atoms with E-state index in [4.69, 9.17) is 0 Å². The number of benzene rings is 2. The highest BCUT2D eigenvalue weighted by Gasteiger charge is 2.25. The van der Waals surface area contributed by atoms with Gasteiger partial charge in [0.25, 0.3) is 0 Å². The van der Waals surface area contributed by atoms with Crippen molar-refractivity contribution >= 4 is 5.91 Å². The van der Waals surface area contributed by atoms with Crippen LogP contribution in [-0.2, 0) is 17.9 Å². The van der Waals surface area contributed by atoms with Gasteiger partial charge in [-0.05, 0) is 18.1 Å². The van der Waals surface area contributed by atoms with Crippen LogP contribution in [-0.4, -0.2) is 47.9 Å². The van der Waals surface area contributed by atoms with E-state index in [1.54, 1.807) is 0 Å². The van der Waals surface area contributed by atoms with Crippen LogP contribution in [0.3, 0.4) is 0 Å².